The minimum absolute atomic E-state index is 0.227. The highest BCUT2D eigenvalue weighted by Crippen LogP contribution is 2.28. The monoisotopic (exact) mass is 252 g/mol. The van der Waals surface area contributed by atoms with Crippen LogP contribution < -0.4 is 11.1 Å². The lowest BCUT2D eigenvalue weighted by Crippen LogP contribution is -2.26. The highest BCUT2D eigenvalue weighted by Gasteiger charge is 2.20. The van der Waals surface area contributed by atoms with Crippen LogP contribution in [0.4, 0.5) is 5.69 Å². The summed E-state index contributed by atoms with van der Waals surface area (Å²) < 4.78 is 7.01. The highest BCUT2D eigenvalue weighted by atomic mass is 16.5. The number of aryl methyl sites for hydroxylation is 1. The largest absolute Gasteiger partial charge is 0.396 e. The molecule has 0 spiro atoms. The van der Waals surface area contributed by atoms with Crippen molar-refractivity contribution in [2.45, 2.75) is 19.3 Å². The van der Waals surface area contributed by atoms with E-state index in [0.717, 1.165) is 18.9 Å². The number of hydrogen-bond donors (Lipinski definition) is 2. The summed E-state index contributed by atoms with van der Waals surface area (Å²) in [6, 6.07) is 0. The highest BCUT2D eigenvalue weighted by molar-refractivity contribution is 5.96. The molecule has 1 aliphatic carbocycles. The number of nitrogens with zero attached hydrogens (tertiary/aromatic N) is 2. The zero-order valence-electron chi connectivity index (χ0n) is 10.7. The molecule has 0 atom stereocenters. The molecule has 1 fully saturated rings. The third kappa shape index (κ3) is 3.73. The third-order valence-electron chi connectivity index (χ3n) is 2.87. The molecule has 1 saturated carbocycles. The Hall–Kier alpha value is -1.56. The summed E-state index contributed by atoms with van der Waals surface area (Å²) in [7, 11) is 1.73. The molecule has 0 saturated heterocycles. The van der Waals surface area contributed by atoms with Crippen LogP contribution >= 0.6 is 0 Å². The summed E-state index contributed by atoms with van der Waals surface area (Å²) in [4.78, 5) is 11.7. The molecule has 1 aliphatic rings. The molecule has 0 aromatic carbocycles. The van der Waals surface area contributed by atoms with E-state index in [1.54, 1.807) is 13.2 Å². The average Bonchev–Trinajstić information content (AvgIpc) is 3.08. The first kappa shape index (κ1) is 12.9. The fourth-order valence-corrected chi connectivity index (χ4v) is 1.68. The van der Waals surface area contributed by atoms with E-state index in [0.29, 0.717) is 18.8 Å². The molecule has 3 N–H and O–H groups in total. The number of aromatic nitrogens is 2. The molecule has 0 unspecified atom stereocenters. The van der Waals surface area contributed by atoms with Gasteiger partial charge in [-0.1, -0.05) is 0 Å². The maximum absolute atomic E-state index is 11.7. The van der Waals surface area contributed by atoms with E-state index < -0.39 is 0 Å². The van der Waals surface area contributed by atoms with E-state index in [2.05, 4.69) is 10.4 Å². The topological polar surface area (TPSA) is 82.2 Å². The molecule has 6 nitrogen and oxygen atoms in total. The van der Waals surface area contributed by atoms with E-state index in [1.165, 1.54) is 17.5 Å². The Morgan fingerprint density at radius 3 is 3.06 bits per heavy atom. The van der Waals surface area contributed by atoms with Gasteiger partial charge in [-0.25, -0.2) is 0 Å². The molecule has 1 aromatic heterocycles. The lowest BCUT2D eigenvalue weighted by Gasteiger charge is -2.04. The van der Waals surface area contributed by atoms with Crippen molar-refractivity contribution in [2.24, 2.45) is 13.0 Å². The first-order valence-electron chi connectivity index (χ1n) is 6.32. The van der Waals surface area contributed by atoms with Crippen molar-refractivity contribution in [1.82, 2.24) is 15.1 Å². The molecule has 0 aliphatic heterocycles. The number of nitrogens with two attached hydrogens (primary N) is 1. The van der Waals surface area contributed by atoms with Gasteiger partial charge in [-0.15, -0.1) is 0 Å². The Balaban J connectivity index is 1.60. The molecule has 18 heavy (non-hydrogen) atoms. The van der Waals surface area contributed by atoms with Crippen molar-refractivity contribution in [3.8, 4) is 0 Å². The summed E-state index contributed by atoms with van der Waals surface area (Å²) in [5.74, 6) is 0.559. The SMILES string of the molecule is Cn1cc(N)c(C(=O)NCCCOCC2CC2)n1. The maximum Gasteiger partial charge on any atom is 0.273 e. The van der Waals surface area contributed by atoms with Gasteiger partial charge in [0.05, 0.1) is 5.69 Å². The van der Waals surface area contributed by atoms with Crippen LogP contribution in [0.5, 0.6) is 0 Å². The molecule has 1 aromatic rings. The Morgan fingerprint density at radius 1 is 1.67 bits per heavy atom. The Labute approximate surface area is 106 Å². The van der Waals surface area contributed by atoms with E-state index in [-0.39, 0.29) is 11.6 Å². The van der Waals surface area contributed by atoms with Crippen LogP contribution in [-0.4, -0.2) is 35.4 Å². The molecule has 1 heterocycles. The third-order valence-corrected chi connectivity index (χ3v) is 2.87. The molecule has 0 bridgehead atoms. The quantitative estimate of drug-likeness (QED) is 0.694. The fraction of sp³-hybridized carbons (Fsp3) is 0.667. The smallest absolute Gasteiger partial charge is 0.273 e. The molecule has 2 rings (SSSR count). The number of rotatable bonds is 7. The molecule has 100 valence electrons. The van der Waals surface area contributed by atoms with Gasteiger partial charge in [-0.2, -0.15) is 5.10 Å². The van der Waals surface area contributed by atoms with Crippen molar-refractivity contribution in [2.75, 3.05) is 25.5 Å². The van der Waals surface area contributed by atoms with E-state index in [4.69, 9.17) is 10.5 Å². The first-order valence-corrected chi connectivity index (χ1v) is 6.32. The lowest BCUT2D eigenvalue weighted by molar-refractivity contribution is 0.0932. The zero-order valence-corrected chi connectivity index (χ0v) is 10.7. The number of ether oxygens (including phenoxy) is 1. The number of nitrogen functional groups attached to an aromatic ring is 1. The van der Waals surface area contributed by atoms with Crippen molar-refractivity contribution in [3.63, 3.8) is 0 Å². The Morgan fingerprint density at radius 2 is 2.44 bits per heavy atom. The minimum Gasteiger partial charge on any atom is -0.396 e. The summed E-state index contributed by atoms with van der Waals surface area (Å²) in [6.07, 6.45) is 5.03. The summed E-state index contributed by atoms with van der Waals surface area (Å²) >= 11 is 0. The standard InChI is InChI=1S/C12H20N4O2/c1-16-7-10(13)11(15-16)12(17)14-5-2-6-18-8-9-3-4-9/h7,9H,2-6,8,13H2,1H3,(H,14,17). The van der Waals surface area contributed by atoms with Gasteiger partial charge >= 0.3 is 0 Å². The van der Waals surface area contributed by atoms with Gasteiger partial charge in [-0.3, -0.25) is 9.48 Å². The van der Waals surface area contributed by atoms with Gasteiger partial charge < -0.3 is 15.8 Å². The number of carbonyl (C=O) groups is 1. The van der Waals surface area contributed by atoms with Crippen LogP contribution in [0.1, 0.15) is 29.8 Å². The van der Waals surface area contributed by atoms with Gasteiger partial charge in [0.1, 0.15) is 0 Å². The minimum atomic E-state index is -0.227. The average molecular weight is 252 g/mol. The van der Waals surface area contributed by atoms with E-state index in [1.807, 2.05) is 0 Å². The Bertz CT molecular complexity index is 412. The van der Waals surface area contributed by atoms with Crippen molar-refractivity contribution in [1.29, 1.82) is 0 Å². The number of anilines is 1. The molecule has 1 amide bonds. The summed E-state index contributed by atoms with van der Waals surface area (Å²) in [6.45, 7) is 2.13. The second kappa shape index (κ2) is 5.86. The van der Waals surface area contributed by atoms with Crippen LogP contribution in [0.25, 0.3) is 0 Å². The molecular weight excluding hydrogens is 232 g/mol. The van der Waals surface area contributed by atoms with Crippen LogP contribution in [0.15, 0.2) is 6.20 Å². The summed E-state index contributed by atoms with van der Waals surface area (Å²) in [5.41, 5.74) is 6.36. The van der Waals surface area contributed by atoms with E-state index in [9.17, 15) is 4.79 Å². The van der Waals surface area contributed by atoms with Gasteiger partial charge in [0.15, 0.2) is 5.69 Å². The maximum atomic E-state index is 11.7. The number of amides is 1. The molecular formula is C12H20N4O2. The first-order chi connectivity index (χ1) is 8.66. The Kier molecular flexibility index (Phi) is 4.19. The lowest BCUT2D eigenvalue weighted by atomic mass is 10.3. The van der Waals surface area contributed by atoms with Gasteiger partial charge in [0.2, 0.25) is 0 Å². The second-order valence-corrected chi connectivity index (χ2v) is 4.73. The fourth-order valence-electron chi connectivity index (χ4n) is 1.68. The van der Waals surface area contributed by atoms with Crippen LogP contribution in [0.2, 0.25) is 0 Å². The van der Waals surface area contributed by atoms with Crippen LogP contribution in [0.3, 0.4) is 0 Å². The molecule has 0 radical (unpaired) electrons. The normalized spacial score (nSPS) is 14.7. The second-order valence-electron chi connectivity index (χ2n) is 4.73. The van der Waals surface area contributed by atoms with Crippen molar-refractivity contribution < 1.29 is 9.53 Å². The number of carbonyl (C=O) groups excluding carboxylic acids is 1. The number of hydrogen-bond acceptors (Lipinski definition) is 4. The predicted molar refractivity (Wildman–Crippen MR) is 68.1 cm³/mol. The zero-order chi connectivity index (χ0) is 13.0. The predicted octanol–water partition coefficient (Wildman–Crippen LogP) is 0.549. The van der Waals surface area contributed by atoms with Gasteiger partial charge in [0.25, 0.3) is 5.91 Å². The van der Waals surface area contributed by atoms with Crippen molar-refractivity contribution in [3.05, 3.63) is 11.9 Å². The van der Waals surface area contributed by atoms with Crippen LogP contribution in [0, 0.1) is 5.92 Å². The van der Waals surface area contributed by atoms with E-state index >= 15 is 0 Å². The van der Waals surface area contributed by atoms with Crippen molar-refractivity contribution >= 4 is 11.6 Å². The summed E-state index contributed by atoms with van der Waals surface area (Å²) in [5, 5.41) is 6.79. The van der Waals surface area contributed by atoms with Gasteiger partial charge in [-0.05, 0) is 25.2 Å². The number of nitrogens with one attached hydrogen (secondary N) is 1. The van der Waals surface area contributed by atoms with Crippen LogP contribution in [-0.2, 0) is 11.8 Å². The van der Waals surface area contributed by atoms with Gasteiger partial charge in [0, 0.05) is 33.0 Å². The molecule has 6 heteroatoms.